The standard InChI is InChI=1S/C25H29N3O2.CH2O2/c29-24(19-11-12-19)27-22-16-28(15-13-20(22)17-6-2-1-3-7-17)25(30)21-10-4-8-18-9-5-14-26-23(18)21;2-1-3/h1-4,6-8,10,19-20,22,26H,5,9,11-16H2,(H,27,29);1H,(H,2,3)/t20-,22-;/m0./s1. The van der Waals surface area contributed by atoms with Crippen LogP contribution in [0.15, 0.2) is 48.5 Å². The molecule has 3 aliphatic rings. The summed E-state index contributed by atoms with van der Waals surface area (Å²) in [5, 5.41) is 13.6. The fourth-order valence-corrected chi connectivity index (χ4v) is 4.89. The summed E-state index contributed by atoms with van der Waals surface area (Å²) in [5.74, 6) is 0.617. The Bertz CT molecular complexity index is 990. The number of fused-ring (bicyclic) bond motifs is 1. The third-order valence-electron chi connectivity index (χ3n) is 6.71. The van der Waals surface area contributed by atoms with E-state index in [9.17, 15) is 9.59 Å². The number of aryl methyl sites for hydroxylation is 1. The van der Waals surface area contributed by atoms with Gasteiger partial charge in [-0.25, -0.2) is 0 Å². The summed E-state index contributed by atoms with van der Waals surface area (Å²) < 4.78 is 0. The minimum Gasteiger partial charge on any atom is -0.483 e. The number of hydrogen-bond donors (Lipinski definition) is 3. The zero-order valence-corrected chi connectivity index (χ0v) is 18.7. The van der Waals surface area contributed by atoms with E-state index in [0.717, 1.165) is 49.9 Å². The number of nitrogens with zero attached hydrogens (tertiary/aromatic N) is 1. The van der Waals surface area contributed by atoms with Crippen LogP contribution < -0.4 is 10.6 Å². The Kier molecular flexibility index (Phi) is 7.27. The second kappa shape index (κ2) is 10.5. The molecular weight excluding hydrogens is 418 g/mol. The van der Waals surface area contributed by atoms with Crippen molar-refractivity contribution >= 4 is 24.0 Å². The lowest BCUT2D eigenvalue weighted by Gasteiger charge is -2.39. The van der Waals surface area contributed by atoms with E-state index in [-0.39, 0.29) is 36.2 Å². The van der Waals surface area contributed by atoms with Gasteiger partial charge in [-0.1, -0.05) is 42.5 Å². The first-order chi connectivity index (χ1) is 16.1. The Morgan fingerprint density at radius 3 is 2.55 bits per heavy atom. The highest BCUT2D eigenvalue weighted by molar-refractivity contribution is 6.00. The molecule has 7 heteroatoms. The molecule has 2 atom stereocenters. The van der Waals surface area contributed by atoms with Gasteiger partial charge in [0.1, 0.15) is 0 Å². The van der Waals surface area contributed by atoms with Crippen LogP contribution in [-0.2, 0) is 16.0 Å². The molecule has 3 N–H and O–H groups in total. The molecule has 2 fully saturated rings. The molecule has 1 aliphatic carbocycles. The third kappa shape index (κ3) is 5.35. The molecule has 2 amide bonds. The molecule has 0 aromatic heterocycles. The van der Waals surface area contributed by atoms with Crippen molar-refractivity contribution in [3.05, 3.63) is 65.2 Å². The molecule has 5 rings (SSSR count). The fourth-order valence-electron chi connectivity index (χ4n) is 4.89. The Balaban J connectivity index is 0.000000821. The van der Waals surface area contributed by atoms with Gasteiger partial charge in [0, 0.05) is 31.5 Å². The van der Waals surface area contributed by atoms with Gasteiger partial charge in [-0.2, -0.15) is 0 Å². The summed E-state index contributed by atoms with van der Waals surface area (Å²) in [6.07, 6.45) is 4.94. The van der Waals surface area contributed by atoms with Gasteiger partial charge in [-0.3, -0.25) is 14.4 Å². The van der Waals surface area contributed by atoms with E-state index < -0.39 is 0 Å². The molecule has 1 saturated carbocycles. The Hall–Kier alpha value is -3.35. The summed E-state index contributed by atoms with van der Waals surface area (Å²) in [6.45, 7) is 1.92. The number of para-hydroxylation sites is 1. The monoisotopic (exact) mass is 449 g/mol. The highest BCUT2D eigenvalue weighted by atomic mass is 16.3. The van der Waals surface area contributed by atoms with E-state index in [1.54, 1.807) is 0 Å². The van der Waals surface area contributed by atoms with Gasteiger partial charge in [-0.15, -0.1) is 0 Å². The maximum atomic E-state index is 13.5. The van der Waals surface area contributed by atoms with Crippen molar-refractivity contribution in [1.29, 1.82) is 0 Å². The van der Waals surface area contributed by atoms with Crippen LogP contribution in [0.3, 0.4) is 0 Å². The van der Waals surface area contributed by atoms with Crippen LogP contribution in [0.1, 0.15) is 53.1 Å². The van der Waals surface area contributed by atoms with Crippen LogP contribution in [0, 0.1) is 5.92 Å². The second-order valence-corrected chi connectivity index (χ2v) is 8.92. The molecule has 2 aromatic rings. The zero-order chi connectivity index (χ0) is 23.2. The van der Waals surface area contributed by atoms with Crippen molar-refractivity contribution in [1.82, 2.24) is 10.2 Å². The predicted octanol–water partition coefficient (Wildman–Crippen LogP) is 3.27. The van der Waals surface area contributed by atoms with Gasteiger partial charge < -0.3 is 20.6 Å². The van der Waals surface area contributed by atoms with Crippen LogP contribution >= 0.6 is 0 Å². The van der Waals surface area contributed by atoms with Crippen molar-refractivity contribution in [3.8, 4) is 0 Å². The SMILES string of the molecule is O=C(N[C@H]1CN(C(=O)c2cccc3c2NCCC3)CC[C@H]1c1ccccc1)C1CC1.O=CO. The van der Waals surface area contributed by atoms with Gasteiger partial charge in [-0.05, 0) is 49.3 Å². The van der Waals surface area contributed by atoms with Gasteiger partial charge in [0.15, 0.2) is 0 Å². The number of carbonyl (C=O) groups is 3. The number of amides is 2. The van der Waals surface area contributed by atoms with Crippen LogP contribution in [0.2, 0.25) is 0 Å². The zero-order valence-electron chi connectivity index (χ0n) is 18.7. The van der Waals surface area contributed by atoms with Gasteiger partial charge >= 0.3 is 0 Å². The van der Waals surface area contributed by atoms with Crippen molar-refractivity contribution in [2.24, 2.45) is 5.92 Å². The van der Waals surface area contributed by atoms with Gasteiger partial charge in [0.05, 0.1) is 17.3 Å². The first-order valence-corrected chi connectivity index (χ1v) is 11.7. The number of piperidine rings is 1. The number of rotatable bonds is 4. The van der Waals surface area contributed by atoms with E-state index in [1.807, 2.05) is 23.1 Å². The average molecular weight is 450 g/mol. The quantitative estimate of drug-likeness (QED) is 0.623. The van der Waals surface area contributed by atoms with Crippen molar-refractivity contribution in [2.45, 2.75) is 44.1 Å². The Labute approximate surface area is 194 Å². The number of anilines is 1. The molecule has 2 aliphatic heterocycles. The Morgan fingerprint density at radius 1 is 1.06 bits per heavy atom. The van der Waals surface area contributed by atoms with Crippen molar-refractivity contribution < 1.29 is 19.5 Å². The minimum atomic E-state index is -0.250. The van der Waals surface area contributed by atoms with Crippen LogP contribution in [0.5, 0.6) is 0 Å². The normalized spacial score (nSPS) is 21.5. The summed E-state index contributed by atoms with van der Waals surface area (Å²) in [4.78, 5) is 36.3. The fraction of sp³-hybridized carbons (Fsp3) is 0.423. The van der Waals surface area contributed by atoms with E-state index in [2.05, 4.69) is 41.0 Å². The number of benzene rings is 2. The van der Waals surface area contributed by atoms with Crippen LogP contribution in [-0.4, -0.2) is 54.0 Å². The second-order valence-electron chi connectivity index (χ2n) is 8.92. The predicted molar refractivity (Wildman–Crippen MR) is 126 cm³/mol. The van der Waals surface area contributed by atoms with Crippen molar-refractivity contribution in [3.63, 3.8) is 0 Å². The lowest BCUT2D eigenvalue weighted by Crippen LogP contribution is -2.53. The highest BCUT2D eigenvalue weighted by Gasteiger charge is 2.37. The molecule has 0 unspecified atom stereocenters. The molecule has 0 bridgehead atoms. The molecule has 0 radical (unpaired) electrons. The Morgan fingerprint density at radius 2 is 1.82 bits per heavy atom. The largest absolute Gasteiger partial charge is 0.483 e. The van der Waals surface area contributed by atoms with E-state index >= 15 is 0 Å². The maximum absolute atomic E-state index is 13.5. The smallest absolute Gasteiger partial charge is 0.290 e. The number of nitrogens with one attached hydrogen (secondary N) is 2. The average Bonchev–Trinajstić information content (AvgIpc) is 3.70. The topological polar surface area (TPSA) is 98.7 Å². The van der Waals surface area contributed by atoms with Gasteiger partial charge in [0.2, 0.25) is 5.91 Å². The summed E-state index contributed by atoms with van der Waals surface area (Å²) in [6, 6.07) is 16.4. The molecule has 33 heavy (non-hydrogen) atoms. The van der Waals surface area contributed by atoms with E-state index in [0.29, 0.717) is 13.1 Å². The molecule has 2 aromatic carbocycles. The third-order valence-corrected chi connectivity index (χ3v) is 6.71. The van der Waals surface area contributed by atoms with E-state index in [4.69, 9.17) is 9.90 Å². The number of likely N-dealkylation sites (tertiary alicyclic amines) is 1. The maximum Gasteiger partial charge on any atom is 0.290 e. The van der Waals surface area contributed by atoms with E-state index in [1.165, 1.54) is 11.1 Å². The minimum absolute atomic E-state index is 0.0503. The lowest BCUT2D eigenvalue weighted by molar-refractivity contribution is -0.124. The van der Waals surface area contributed by atoms with Crippen molar-refractivity contribution in [2.75, 3.05) is 25.0 Å². The lowest BCUT2D eigenvalue weighted by atomic mass is 9.84. The highest BCUT2D eigenvalue weighted by Crippen LogP contribution is 2.34. The molecule has 2 heterocycles. The molecule has 174 valence electrons. The first kappa shape index (κ1) is 22.8. The number of carbonyl (C=O) groups excluding carboxylic acids is 2. The number of hydrogen-bond acceptors (Lipinski definition) is 4. The van der Waals surface area contributed by atoms with Gasteiger partial charge in [0.25, 0.3) is 12.4 Å². The van der Waals surface area contributed by atoms with Crippen LogP contribution in [0.4, 0.5) is 5.69 Å². The molecule has 0 spiro atoms. The molecule has 1 saturated heterocycles. The molecule has 7 nitrogen and oxygen atoms in total. The van der Waals surface area contributed by atoms with Crippen LogP contribution in [0.25, 0.3) is 0 Å². The summed E-state index contributed by atoms with van der Waals surface area (Å²) in [5.41, 5.74) is 4.23. The summed E-state index contributed by atoms with van der Waals surface area (Å²) >= 11 is 0. The first-order valence-electron chi connectivity index (χ1n) is 11.7. The number of carboxylic acid groups (broad SMARTS) is 1. The summed E-state index contributed by atoms with van der Waals surface area (Å²) in [7, 11) is 0. The molecular formula is C26H31N3O4.